The maximum atomic E-state index is 11.4. The van der Waals surface area contributed by atoms with Gasteiger partial charge in [0.2, 0.25) is 0 Å². The molecule has 21 heavy (non-hydrogen) atoms. The van der Waals surface area contributed by atoms with Gasteiger partial charge in [-0.15, -0.1) is 5.10 Å². The highest BCUT2D eigenvalue weighted by atomic mass is 16.5. The summed E-state index contributed by atoms with van der Waals surface area (Å²) in [4.78, 5) is 19.8. The molecule has 7 heteroatoms. The maximum Gasteiger partial charge on any atom is 0.339 e. The molecule has 1 unspecified atom stereocenters. The molecule has 1 saturated heterocycles. The van der Waals surface area contributed by atoms with Gasteiger partial charge in [-0.05, 0) is 31.4 Å². The third-order valence-electron chi connectivity index (χ3n) is 3.37. The molecule has 2 aromatic rings. The quantitative estimate of drug-likeness (QED) is 0.802. The van der Waals surface area contributed by atoms with Crippen molar-refractivity contribution in [3.63, 3.8) is 0 Å². The summed E-state index contributed by atoms with van der Waals surface area (Å²) in [5.74, 6) is 0.101. The molecule has 0 spiro atoms. The van der Waals surface area contributed by atoms with E-state index in [1.165, 1.54) is 13.3 Å². The molecule has 3 rings (SSSR count). The molecule has 1 aliphatic rings. The highest BCUT2D eigenvalue weighted by Crippen LogP contribution is 2.22. The molecule has 0 amide bonds. The summed E-state index contributed by atoms with van der Waals surface area (Å²) in [6.07, 6.45) is 6.23. The van der Waals surface area contributed by atoms with E-state index in [0.29, 0.717) is 17.1 Å². The lowest BCUT2D eigenvalue weighted by atomic mass is 10.2. The van der Waals surface area contributed by atoms with Gasteiger partial charge in [-0.25, -0.2) is 14.5 Å². The Balaban J connectivity index is 1.77. The summed E-state index contributed by atoms with van der Waals surface area (Å²) in [6, 6.07) is 3.35. The van der Waals surface area contributed by atoms with E-state index in [1.54, 1.807) is 23.1 Å². The van der Waals surface area contributed by atoms with Crippen molar-refractivity contribution in [1.82, 2.24) is 19.7 Å². The monoisotopic (exact) mass is 288 g/mol. The summed E-state index contributed by atoms with van der Waals surface area (Å²) in [5, 5.41) is 4.40. The number of hydrogen-bond acceptors (Lipinski definition) is 6. The minimum Gasteiger partial charge on any atom is -0.465 e. The Morgan fingerprint density at radius 3 is 2.95 bits per heavy atom. The second kappa shape index (κ2) is 6.01. The Morgan fingerprint density at radius 2 is 2.29 bits per heavy atom. The zero-order valence-corrected chi connectivity index (χ0v) is 11.7. The summed E-state index contributed by atoms with van der Waals surface area (Å²) >= 11 is 0. The summed E-state index contributed by atoms with van der Waals surface area (Å²) in [5.41, 5.74) is 1.01. The second-order valence-electron chi connectivity index (χ2n) is 4.79. The molecule has 0 aromatic carbocycles. The lowest BCUT2D eigenvalue weighted by Gasteiger charge is -2.21. The lowest BCUT2D eigenvalue weighted by molar-refractivity contribution is -0.0395. The molecule has 110 valence electrons. The van der Waals surface area contributed by atoms with Crippen molar-refractivity contribution >= 4 is 5.97 Å². The molecular formula is C14H16N4O3. The molecule has 1 fully saturated rings. The fraction of sp³-hybridized carbons (Fsp3) is 0.429. The predicted octanol–water partition coefficient (Wildman–Crippen LogP) is 1.83. The zero-order valence-electron chi connectivity index (χ0n) is 11.7. The van der Waals surface area contributed by atoms with Crippen molar-refractivity contribution < 1.29 is 14.3 Å². The highest BCUT2D eigenvalue weighted by Gasteiger charge is 2.18. The number of pyridine rings is 1. The standard InChI is InChI=1S/C14H16N4O3/c1-20-14(19)10-5-6-11(15-8-10)13-16-9-18(17-13)12-4-2-3-7-21-12/h5-6,8-9,12H,2-4,7H2,1H3. The van der Waals surface area contributed by atoms with Crippen LogP contribution in [0.4, 0.5) is 0 Å². The highest BCUT2D eigenvalue weighted by molar-refractivity contribution is 5.89. The molecule has 1 atom stereocenters. The molecule has 0 N–H and O–H groups in total. The van der Waals surface area contributed by atoms with Crippen LogP contribution < -0.4 is 0 Å². The van der Waals surface area contributed by atoms with Crippen LogP contribution in [-0.2, 0) is 9.47 Å². The Kier molecular flexibility index (Phi) is 3.92. The van der Waals surface area contributed by atoms with Crippen LogP contribution in [0.15, 0.2) is 24.7 Å². The van der Waals surface area contributed by atoms with Gasteiger partial charge < -0.3 is 9.47 Å². The Bertz CT molecular complexity index is 617. The number of aromatic nitrogens is 4. The van der Waals surface area contributed by atoms with Crippen molar-refractivity contribution in [2.75, 3.05) is 13.7 Å². The smallest absolute Gasteiger partial charge is 0.339 e. The van der Waals surface area contributed by atoms with Crippen LogP contribution in [-0.4, -0.2) is 39.4 Å². The van der Waals surface area contributed by atoms with Gasteiger partial charge in [-0.3, -0.25) is 4.98 Å². The van der Waals surface area contributed by atoms with Crippen molar-refractivity contribution in [3.05, 3.63) is 30.2 Å². The van der Waals surface area contributed by atoms with Crippen LogP contribution in [0.1, 0.15) is 35.8 Å². The number of nitrogens with zero attached hydrogens (tertiary/aromatic N) is 4. The predicted molar refractivity (Wildman–Crippen MR) is 73.4 cm³/mol. The van der Waals surface area contributed by atoms with Crippen LogP contribution in [0.3, 0.4) is 0 Å². The van der Waals surface area contributed by atoms with E-state index in [1.807, 2.05) is 0 Å². The van der Waals surface area contributed by atoms with Gasteiger partial charge >= 0.3 is 5.97 Å². The van der Waals surface area contributed by atoms with Crippen LogP contribution in [0, 0.1) is 0 Å². The van der Waals surface area contributed by atoms with E-state index in [0.717, 1.165) is 25.9 Å². The Labute approximate surface area is 121 Å². The lowest BCUT2D eigenvalue weighted by Crippen LogP contribution is -2.18. The van der Waals surface area contributed by atoms with Crippen LogP contribution in [0.2, 0.25) is 0 Å². The number of carbonyl (C=O) groups excluding carboxylic acids is 1. The number of carbonyl (C=O) groups is 1. The minimum absolute atomic E-state index is 0.0469. The number of rotatable bonds is 3. The fourth-order valence-electron chi connectivity index (χ4n) is 2.23. The van der Waals surface area contributed by atoms with E-state index in [2.05, 4.69) is 19.8 Å². The molecule has 7 nitrogen and oxygen atoms in total. The zero-order chi connectivity index (χ0) is 14.7. The largest absolute Gasteiger partial charge is 0.465 e. The SMILES string of the molecule is COC(=O)c1ccc(-c2ncn(C3CCCCO3)n2)nc1. The summed E-state index contributed by atoms with van der Waals surface area (Å²) < 4.78 is 12.0. The molecule has 0 saturated carbocycles. The molecule has 0 bridgehead atoms. The van der Waals surface area contributed by atoms with Crippen LogP contribution >= 0.6 is 0 Å². The number of ether oxygens (including phenoxy) is 2. The van der Waals surface area contributed by atoms with Crippen molar-refractivity contribution in [2.45, 2.75) is 25.5 Å². The number of hydrogen-bond donors (Lipinski definition) is 0. The third kappa shape index (κ3) is 2.92. The fourth-order valence-corrected chi connectivity index (χ4v) is 2.23. The van der Waals surface area contributed by atoms with Gasteiger partial charge in [0.05, 0.1) is 12.7 Å². The average Bonchev–Trinajstić information content (AvgIpc) is 3.05. The number of esters is 1. The third-order valence-corrected chi connectivity index (χ3v) is 3.37. The van der Waals surface area contributed by atoms with E-state index in [4.69, 9.17) is 4.74 Å². The number of methoxy groups -OCH3 is 1. The van der Waals surface area contributed by atoms with Gasteiger partial charge in [0, 0.05) is 12.8 Å². The van der Waals surface area contributed by atoms with Gasteiger partial charge in [-0.1, -0.05) is 0 Å². The van der Waals surface area contributed by atoms with Crippen molar-refractivity contribution in [2.24, 2.45) is 0 Å². The molecule has 1 aliphatic heterocycles. The van der Waals surface area contributed by atoms with Gasteiger partial charge in [0.1, 0.15) is 12.0 Å². The van der Waals surface area contributed by atoms with E-state index >= 15 is 0 Å². The van der Waals surface area contributed by atoms with Gasteiger partial charge in [0.25, 0.3) is 0 Å². The first-order valence-electron chi connectivity index (χ1n) is 6.85. The topological polar surface area (TPSA) is 79.1 Å². The van der Waals surface area contributed by atoms with E-state index < -0.39 is 5.97 Å². The molecule has 0 aliphatic carbocycles. The van der Waals surface area contributed by atoms with Crippen LogP contribution in [0.25, 0.3) is 11.5 Å². The first kappa shape index (κ1) is 13.7. The molecule has 3 heterocycles. The van der Waals surface area contributed by atoms with Crippen LogP contribution in [0.5, 0.6) is 0 Å². The first-order chi connectivity index (χ1) is 10.3. The first-order valence-corrected chi connectivity index (χ1v) is 6.85. The van der Waals surface area contributed by atoms with E-state index in [9.17, 15) is 4.79 Å². The summed E-state index contributed by atoms with van der Waals surface area (Å²) in [6.45, 7) is 0.756. The summed E-state index contributed by atoms with van der Waals surface area (Å²) in [7, 11) is 1.34. The van der Waals surface area contributed by atoms with Gasteiger partial charge in [-0.2, -0.15) is 0 Å². The second-order valence-corrected chi connectivity index (χ2v) is 4.79. The molecular weight excluding hydrogens is 272 g/mol. The Hall–Kier alpha value is -2.28. The maximum absolute atomic E-state index is 11.4. The van der Waals surface area contributed by atoms with Gasteiger partial charge in [0.15, 0.2) is 12.1 Å². The molecule has 2 aromatic heterocycles. The van der Waals surface area contributed by atoms with Crippen molar-refractivity contribution in [3.8, 4) is 11.5 Å². The minimum atomic E-state index is -0.414. The van der Waals surface area contributed by atoms with E-state index in [-0.39, 0.29) is 6.23 Å². The molecule has 0 radical (unpaired) electrons. The Morgan fingerprint density at radius 1 is 1.38 bits per heavy atom. The normalized spacial score (nSPS) is 18.4. The van der Waals surface area contributed by atoms with Crippen molar-refractivity contribution in [1.29, 1.82) is 0 Å². The average molecular weight is 288 g/mol.